The highest BCUT2D eigenvalue weighted by molar-refractivity contribution is 9.10. The van der Waals surface area contributed by atoms with Crippen molar-refractivity contribution >= 4 is 15.9 Å². The fourth-order valence-electron chi connectivity index (χ4n) is 2.61. The highest BCUT2D eigenvalue weighted by Crippen LogP contribution is 2.33. The maximum absolute atomic E-state index is 5.71. The third-order valence-electron chi connectivity index (χ3n) is 3.66. The SMILES string of the molecule is Brc1ccc2c(c1)C(NCCc1ccccc1)CCO2. The van der Waals surface area contributed by atoms with Gasteiger partial charge in [0.15, 0.2) is 0 Å². The van der Waals surface area contributed by atoms with Gasteiger partial charge in [0.1, 0.15) is 5.75 Å². The third-order valence-corrected chi connectivity index (χ3v) is 4.15. The van der Waals surface area contributed by atoms with Crippen molar-refractivity contribution in [3.63, 3.8) is 0 Å². The van der Waals surface area contributed by atoms with E-state index in [2.05, 4.69) is 57.6 Å². The van der Waals surface area contributed by atoms with Crippen molar-refractivity contribution in [3.8, 4) is 5.75 Å². The quantitative estimate of drug-likeness (QED) is 0.910. The molecular weight excluding hydrogens is 314 g/mol. The Kier molecular flexibility index (Phi) is 4.38. The summed E-state index contributed by atoms with van der Waals surface area (Å²) < 4.78 is 6.82. The summed E-state index contributed by atoms with van der Waals surface area (Å²) in [5, 5.41) is 3.65. The fraction of sp³-hybridized carbons (Fsp3) is 0.294. The number of benzene rings is 2. The smallest absolute Gasteiger partial charge is 0.124 e. The van der Waals surface area contributed by atoms with Gasteiger partial charge in [-0.3, -0.25) is 0 Å². The lowest BCUT2D eigenvalue weighted by Gasteiger charge is -2.27. The minimum atomic E-state index is 0.389. The number of halogens is 1. The maximum atomic E-state index is 5.71. The average molecular weight is 332 g/mol. The van der Waals surface area contributed by atoms with Crippen molar-refractivity contribution in [1.82, 2.24) is 5.32 Å². The van der Waals surface area contributed by atoms with Gasteiger partial charge in [-0.1, -0.05) is 46.3 Å². The second kappa shape index (κ2) is 6.42. The number of nitrogens with one attached hydrogen (secondary N) is 1. The minimum absolute atomic E-state index is 0.389. The van der Waals surface area contributed by atoms with Crippen molar-refractivity contribution < 1.29 is 4.74 Å². The zero-order valence-electron chi connectivity index (χ0n) is 11.3. The summed E-state index contributed by atoms with van der Waals surface area (Å²) in [5.74, 6) is 1.01. The molecule has 2 aromatic carbocycles. The van der Waals surface area contributed by atoms with Gasteiger partial charge in [0, 0.05) is 22.5 Å². The van der Waals surface area contributed by atoms with Crippen LogP contribution in [0.4, 0.5) is 0 Å². The summed E-state index contributed by atoms with van der Waals surface area (Å²) in [6, 6.07) is 17.2. The van der Waals surface area contributed by atoms with Crippen LogP contribution in [-0.4, -0.2) is 13.2 Å². The van der Waals surface area contributed by atoms with E-state index in [4.69, 9.17) is 4.74 Å². The Morgan fingerprint density at radius 1 is 1.15 bits per heavy atom. The number of hydrogen-bond acceptors (Lipinski definition) is 2. The molecule has 1 aliphatic heterocycles. The summed E-state index contributed by atoms with van der Waals surface area (Å²) in [4.78, 5) is 0. The first-order valence-electron chi connectivity index (χ1n) is 7.02. The van der Waals surface area contributed by atoms with E-state index in [0.29, 0.717) is 6.04 Å². The van der Waals surface area contributed by atoms with Crippen molar-refractivity contribution in [2.45, 2.75) is 18.9 Å². The highest BCUT2D eigenvalue weighted by Gasteiger charge is 2.20. The van der Waals surface area contributed by atoms with E-state index in [1.165, 1.54) is 11.1 Å². The minimum Gasteiger partial charge on any atom is -0.493 e. The Bertz CT molecular complexity index is 570. The second-order valence-corrected chi connectivity index (χ2v) is 5.98. The van der Waals surface area contributed by atoms with Crippen LogP contribution in [0.25, 0.3) is 0 Å². The van der Waals surface area contributed by atoms with Crippen LogP contribution in [0.5, 0.6) is 5.75 Å². The van der Waals surface area contributed by atoms with Gasteiger partial charge in [-0.25, -0.2) is 0 Å². The molecule has 3 heteroatoms. The summed E-state index contributed by atoms with van der Waals surface area (Å²) in [5.41, 5.74) is 2.64. The normalized spacial score (nSPS) is 17.4. The largest absolute Gasteiger partial charge is 0.493 e. The molecule has 0 saturated heterocycles. The van der Waals surface area contributed by atoms with Crippen LogP contribution < -0.4 is 10.1 Å². The summed E-state index contributed by atoms with van der Waals surface area (Å²) >= 11 is 3.54. The van der Waals surface area contributed by atoms with Gasteiger partial charge in [-0.05, 0) is 36.7 Å². The molecule has 2 nitrogen and oxygen atoms in total. The maximum Gasteiger partial charge on any atom is 0.124 e. The topological polar surface area (TPSA) is 21.3 Å². The lowest BCUT2D eigenvalue weighted by Crippen LogP contribution is -2.28. The van der Waals surface area contributed by atoms with Gasteiger partial charge in [0.2, 0.25) is 0 Å². The molecule has 0 radical (unpaired) electrons. The third kappa shape index (κ3) is 3.22. The van der Waals surface area contributed by atoms with E-state index in [0.717, 1.165) is 36.2 Å². The molecule has 0 spiro atoms. The molecular formula is C17H18BrNO. The van der Waals surface area contributed by atoms with Crippen molar-refractivity contribution in [3.05, 3.63) is 64.1 Å². The molecule has 1 atom stereocenters. The molecule has 3 rings (SSSR count). The van der Waals surface area contributed by atoms with E-state index in [1.54, 1.807) is 0 Å². The molecule has 0 aromatic heterocycles. The molecule has 1 unspecified atom stereocenters. The van der Waals surface area contributed by atoms with Crippen LogP contribution in [0, 0.1) is 0 Å². The van der Waals surface area contributed by atoms with Gasteiger partial charge in [0.25, 0.3) is 0 Å². The second-order valence-electron chi connectivity index (χ2n) is 5.06. The highest BCUT2D eigenvalue weighted by atomic mass is 79.9. The van der Waals surface area contributed by atoms with Crippen LogP contribution >= 0.6 is 15.9 Å². The molecule has 0 saturated carbocycles. The van der Waals surface area contributed by atoms with Crippen molar-refractivity contribution in [1.29, 1.82) is 0 Å². The van der Waals surface area contributed by atoms with Crippen LogP contribution in [0.15, 0.2) is 53.0 Å². The number of rotatable bonds is 4. The van der Waals surface area contributed by atoms with Gasteiger partial charge < -0.3 is 10.1 Å². The van der Waals surface area contributed by atoms with Crippen LogP contribution in [0.1, 0.15) is 23.6 Å². The first-order chi connectivity index (χ1) is 9.83. The molecule has 104 valence electrons. The van der Waals surface area contributed by atoms with E-state index < -0.39 is 0 Å². The molecule has 20 heavy (non-hydrogen) atoms. The zero-order chi connectivity index (χ0) is 13.8. The Morgan fingerprint density at radius 3 is 2.85 bits per heavy atom. The number of ether oxygens (including phenoxy) is 1. The van der Waals surface area contributed by atoms with Gasteiger partial charge >= 0.3 is 0 Å². The van der Waals surface area contributed by atoms with Gasteiger partial charge in [0.05, 0.1) is 6.61 Å². The Labute approximate surface area is 128 Å². The lowest BCUT2D eigenvalue weighted by molar-refractivity contribution is 0.253. The molecule has 2 aromatic rings. The van der Waals surface area contributed by atoms with Gasteiger partial charge in [-0.2, -0.15) is 0 Å². The Morgan fingerprint density at radius 2 is 2.00 bits per heavy atom. The van der Waals surface area contributed by atoms with Crippen molar-refractivity contribution in [2.24, 2.45) is 0 Å². The summed E-state index contributed by atoms with van der Waals surface area (Å²) in [7, 11) is 0. The predicted octanol–water partition coefficient (Wildman–Crippen LogP) is 4.11. The molecule has 0 aliphatic carbocycles. The lowest BCUT2D eigenvalue weighted by atomic mass is 10.0. The Hall–Kier alpha value is -1.32. The number of fused-ring (bicyclic) bond motifs is 1. The first-order valence-corrected chi connectivity index (χ1v) is 7.82. The summed E-state index contributed by atoms with van der Waals surface area (Å²) in [6.45, 7) is 1.78. The van der Waals surface area contributed by atoms with E-state index >= 15 is 0 Å². The zero-order valence-corrected chi connectivity index (χ0v) is 12.9. The van der Waals surface area contributed by atoms with Crippen LogP contribution in [0.2, 0.25) is 0 Å². The molecule has 0 bridgehead atoms. The Balaban J connectivity index is 1.63. The van der Waals surface area contributed by atoms with Crippen LogP contribution in [-0.2, 0) is 6.42 Å². The van der Waals surface area contributed by atoms with Crippen molar-refractivity contribution in [2.75, 3.05) is 13.2 Å². The predicted molar refractivity (Wildman–Crippen MR) is 85.1 cm³/mol. The van der Waals surface area contributed by atoms with Gasteiger partial charge in [-0.15, -0.1) is 0 Å². The summed E-state index contributed by atoms with van der Waals surface area (Å²) in [6.07, 6.45) is 2.08. The first kappa shape index (κ1) is 13.7. The molecule has 0 fully saturated rings. The van der Waals surface area contributed by atoms with Crippen LogP contribution in [0.3, 0.4) is 0 Å². The molecule has 1 aliphatic rings. The average Bonchev–Trinajstić information content (AvgIpc) is 2.49. The number of hydrogen-bond donors (Lipinski definition) is 1. The monoisotopic (exact) mass is 331 g/mol. The van der Waals surface area contributed by atoms with E-state index in [9.17, 15) is 0 Å². The molecule has 0 amide bonds. The molecule has 1 N–H and O–H groups in total. The fourth-order valence-corrected chi connectivity index (χ4v) is 2.99. The van der Waals surface area contributed by atoms with E-state index in [1.807, 2.05) is 12.1 Å². The molecule has 1 heterocycles. The van der Waals surface area contributed by atoms with E-state index in [-0.39, 0.29) is 0 Å². The standard InChI is InChI=1S/C17H18BrNO/c18-14-6-7-17-15(12-14)16(9-11-20-17)19-10-8-13-4-2-1-3-5-13/h1-7,12,16,19H,8-11H2.